The number of fused-ring (bicyclic) bond motifs is 3. The molecule has 0 unspecified atom stereocenters. The fraction of sp³-hybridized carbons (Fsp3) is 0.458. The number of nitrogens with zero attached hydrogens (tertiary/aromatic N) is 1. The Morgan fingerprint density at radius 1 is 1.12 bits per heavy atom. The Balaban J connectivity index is 2.04. The highest BCUT2D eigenvalue weighted by Gasteiger charge is 2.65. The molecule has 8 nitrogen and oxygen atoms in total. The van der Waals surface area contributed by atoms with Crippen molar-refractivity contribution in [3.63, 3.8) is 0 Å². The van der Waals surface area contributed by atoms with E-state index in [1.807, 2.05) is 13.0 Å². The van der Waals surface area contributed by atoms with Crippen LogP contribution in [0.3, 0.4) is 0 Å². The number of benzene rings is 1. The number of carbonyl (C=O) groups is 3. The molecule has 8 heteroatoms. The zero-order valence-electron chi connectivity index (χ0n) is 18.9. The lowest BCUT2D eigenvalue weighted by Gasteiger charge is -2.57. The number of primary amides is 1. The van der Waals surface area contributed by atoms with Crippen LogP contribution in [0.25, 0.3) is 0 Å². The summed E-state index contributed by atoms with van der Waals surface area (Å²) < 4.78 is 0. The van der Waals surface area contributed by atoms with Crippen molar-refractivity contribution < 1.29 is 29.7 Å². The van der Waals surface area contributed by atoms with Gasteiger partial charge >= 0.3 is 0 Å². The van der Waals surface area contributed by atoms with Crippen molar-refractivity contribution in [1.29, 1.82) is 0 Å². The minimum absolute atomic E-state index is 0.142. The highest BCUT2D eigenvalue weighted by atomic mass is 16.3. The average molecular weight is 440 g/mol. The molecule has 4 rings (SSSR count). The van der Waals surface area contributed by atoms with Crippen molar-refractivity contribution in [3.05, 3.63) is 45.7 Å². The summed E-state index contributed by atoms with van der Waals surface area (Å²) in [6, 6.07) is 3.57. The number of phenols is 1. The summed E-state index contributed by atoms with van der Waals surface area (Å²) in [5.41, 5.74) is 2.47. The number of phenolic OH excluding ortho intramolecular Hbond substituents is 1. The molecule has 3 aliphatic rings. The summed E-state index contributed by atoms with van der Waals surface area (Å²) in [6.07, 6.45) is 0.430. The number of anilines is 1. The van der Waals surface area contributed by atoms with Gasteiger partial charge in [0.05, 0.1) is 11.3 Å². The van der Waals surface area contributed by atoms with Gasteiger partial charge in [0.1, 0.15) is 22.7 Å². The Morgan fingerprint density at radius 2 is 1.75 bits per heavy atom. The SMILES string of the molecule is CC1=C2C(=O)c3c(ccc(N(C)C)c3O)C[C@@]2(C)C[C@@]2(C)CC(=O)C(C(N)=O)=C(O)[C@@]12O. The first-order chi connectivity index (χ1) is 14.7. The maximum atomic E-state index is 13.8. The monoisotopic (exact) mass is 440 g/mol. The van der Waals surface area contributed by atoms with Gasteiger partial charge in [-0.05, 0) is 37.0 Å². The fourth-order valence-corrected chi connectivity index (χ4v) is 6.35. The fourth-order valence-electron chi connectivity index (χ4n) is 6.35. The Bertz CT molecular complexity index is 1180. The number of hydrogen-bond donors (Lipinski definition) is 4. The third-order valence-electron chi connectivity index (χ3n) is 7.59. The van der Waals surface area contributed by atoms with Crippen LogP contribution in [0.2, 0.25) is 0 Å². The number of aliphatic hydroxyl groups excluding tert-OH is 1. The molecular formula is C24H28N2O6. The van der Waals surface area contributed by atoms with E-state index in [4.69, 9.17) is 5.73 Å². The van der Waals surface area contributed by atoms with E-state index in [-0.39, 0.29) is 35.3 Å². The first kappa shape index (κ1) is 22.1. The second-order valence-corrected chi connectivity index (χ2v) is 10.1. The molecule has 170 valence electrons. The molecule has 5 N–H and O–H groups in total. The molecule has 1 amide bonds. The second kappa shape index (κ2) is 6.45. The van der Waals surface area contributed by atoms with Crippen LogP contribution < -0.4 is 10.6 Å². The highest BCUT2D eigenvalue weighted by Crippen LogP contribution is 2.63. The van der Waals surface area contributed by atoms with Gasteiger partial charge in [-0.3, -0.25) is 14.4 Å². The van der Waals surface area contributed by atoms with Crippen LogP contribution in [0.4, 0.5) is 5.69 Å². The van der Waals surface area contributed by atoms with Crippen LogP contribution >= 0.6 is 0 Å². The van der Waals surface area contributed by atoms with E-state index in [0.29, 0.717) is 17.7 Å². The second-order valence-electron chi connectivity index (χ2n) is 10.1. The van der Waals surface area contributed by atoms with Gasteiger partial charge in [0.25, 0.3) is 5.91 Å². The van der Waals surface area contributed by atoms with Crippen molar-refractivity contribution in [2.75, 3.05) is 19.0 Å². The predicted octanol–water partition coefficient (Wildman–Crippen LogP) is 1.93. The molecule has 0 bridgehead atoms. The summed E-state index contributed by atoms with van der Waals surface area (Å²) in [5, 5.41) is 33.6. The molecule has 3 atom stereocenters. The number of hydrogen-bond acceptors (Lipinski definition) is 7. The molecule has 0 fully saturated rings. The van der Waals surface area contributed by atoms with Crippen LogP contribution in [0.15, 0.2) is 34.6 Å². The van der Waals surface area contributed by atoms with Gasteiger partial charge in [-0.2, -0.15) is 0 Å². The average Bonchev–Trinajstić information content (AvgIpc) is 2.63. The van der Waals surface area contributed by atoms with Crippen molar-refractivity contribution in [2.45, 2.75) is 45.6 Å². The highest BCUT2D eigenvalue weighted by molar-refractivity contribution is 6.21. The van der Waals surface area contributed by atoms with Crippen LogP contribution in [0, 0.1) is 10.8 Å². The molecule has 1 aromatic carbocycles. The molecule has 1 aromatic rings. The molecular weight excluding hydrogens is 412 g/mol. The summed E-state index contributed by atoms with van der Waals surface area (Å²) in [7, 11) is 3.51. The van der Waals surface area contributed by atoms with Crippen molar-refractivity contribution in [1.82, 2.24) is 0 Å². The molecule has 0 saturated heterocycles. The zero-order chi connectivity index (χ0) is 24.0. The van der Waals surface area contributed by atoms with E-state index in [1.54, 1.807) is 32.0 Å². The van der Waals surface area contributed by atoms with E-state index < -0.39 is 45.2 Å². The predicted molar refractivity (Wildman–Crippen MR) is 117 cm³/mol. The minimum atomic E-state index is -2.11. The van der Waals surface area contributed by atoms with Crippen LogP contribution in [0.1, 0.15) is 49.5 Å². The van der Waals surface area contributed by atoms with E-state index >= 15 is 0 Å². The molecule has 0 heterocycles. The van der Waals surface area contributed by atoms with Gasteiger partial charge in [-0.25, -0.2) is 0 Å². The number of rotatable bonds is 2. The number of carbonyl (C=O) groups excluding carboxylic acids is 3. The van der Waals surface area contributed by atoms with Crippen molar-refractivity contribution >= 4 is 23.2 Å². The third-order valence-corrected chi connectivity index (χ3v) is 7.59. The standard InChI is InChI=1S/C24H28N2O6/c1-11-17-19(29)15-12(6-7-13(18(15)28)26(4)5)8-22(17,2)10-23(3)9-14(27)16(21(25)31)20(30)24(11,23)32/h6-7,28,30,32H,8-10H2,1-5H3,(H2,25,31)/t22-,23+,24-/m0/s1. The Kier molecular flexibility index (Phi) is 4.45. The number of aliphatic hydroxyl groups is 2. The maximum absolute atomic E-state index is 13.8. The molecule has 3 aliphatic carbocycles. The maximum Gasteiger partial charge on any atom is 0.255 e. The van der Waals surface area contributed by atoms with Crippen molar-refractivity contribution in [2.24, 2.45) is 16.6 Å². The molecule has 0 aromatic heterocycles. The van der Waals surface area contributed by atoms with Crippen molar-refractivity contribution in [3.8, 4) is 5.75 Å². The summed E-state index contributed by atoms with van der Waals surface area (Å²) in [5.74, 6) is -3.13. The van der Waals surface area contributed by atoms with Gasteiger partial charge < -0.3 is 26.0 Å². The normalized spacial score (nSPS) is 31.8. The first-order valence-electron chi connectivity index (χ1n) is 10.5. The van der Waals surface area contributed by atoms with E-state index in [1.165, 1.54) is 6.92 Å². The molecule has 0 aliphatic heterocycles. The number of aromatic hydroxyl groups is 1. The van der Waals surface area contributed by atoms with E-state index in [2.05, 4.69) is 0 Å². The lowest BCUT2D eigenvalue weighted by Crippen LogP contribution is -2.61. The minimum Gasteiger partial charge on any atom is -0.508 e. The number of ketones is 2. The smallest absolute Gasteiger partial charge is 0.255 e. The molecule has 0 radical (unpaired) electrons. The van der Waals surface area contributed by atoms with Crippen LogP contribution in [0.5, 0.6) is 5.75 Å². The lowest BCUT2D eigenvalue weighted by atomic mass is 9.47. The van der Waals surface area contributed by atoms with Gasteiger partial charge in [-0.15, -0.1) is 0 Å². The number of Topliss-reactive ketones (excluding diaryl/α,β-unsaturated/α-hetero) is 2. The van der Waals surface area contributed by atoms with Crippen LogP contribution in [-0.2, 0) is 16.0 Å². The Hall–Kier alpha value is -3.13. The van der Waals surface area contributed by atoms with Crippen LogP contribution in [-0.4, -0.2) is 52.5 Å². The number of amides is 1. The quantitative estimate of drug-likeness (QED) is 0.515. The summed E-state index contributed by atoms with van der Waals surface area (Å²) >= 11 is 0. The topological polar surface area (TPSA) is 141 Å². The van der Waals surface area contributed by atoms with Gasteiger partial charge in [0.2, 0.25) is 0 Å². The van der Waals surface area contributed by atoms with E-state index in [0.717, 1.165) is 0 Å². The third kappa shape index (κ3) is 2.50. The van der Waals surface area contributed by atoms with Gasteiger partial charge in [-0.1, -0.05) is 19.9 Å². The lowest BCUT2D eigenvalue weighted by molar-refractivity contribution is -0.135. The summed E-state index contributed by atoms with van der Waals surface area (Å²) in [6.45, 7) is 5.10. The summed E-state index contributed by atoms with van der Waals surface area (Å²) in [4.78, 5) is 40.0. The Labute approximate surface area is 186 Å². The Morgan fingerprint density at radius 3 is 2.31 bits per heavy atom. The van der Waals surface area contributed by atoms with Gasteiger partial charge in [0, 0.05) is 36.9 Å². The van der Waals surface area contributed by atoms with Gasteiger partial charge in [0.15, 0.2) is 11.6 Å². The molecule has 32 heavy (non-hydrogen) atoms. The largest absolute Gasteiger partial charge is 0.508 e. The zero-order valence-corrected chi connectivity index (χ0v) is 18.9. The molecule has 0 saturated carbocycles. The number of nitrogens with two attached hydrogens (primary N) is 1. The first-order valence-corrected chi connectivity index (χ1v) is 10.5. The number of allylic oxidation sites excluding steroid dienone is 1. The van der Waals surface area contributed by atoms with E-state index in [9.17, 15) is 29.7 Å². The molecule has 0 spiro atoms.